The second-order valence-electron chi connectivity index (χ2n) is 5.31. The van der Waals surface area contributed by atoms with Gasteiger partial charge in [0.25, 0.3) is 0 Å². The molecule has 2 aromatic rings. The average Bonchev–Trinajstić information content (AvgIpc) is 2.91. The zero-order valence-corrected chi connectivity index (χ0v) is 11.5. The fraction of sp³-hybridized carbons (Fsp3) is 0.375. The van der Waals surface area contributed by atoms with Crippen molar-refractivity contribution in [3.8, 4) is 0 Å². The molecular weight excluding hydrogens is 236 g/mol. The molecule has 1 atom stereocenters. The number of hydrogen-bond donors (Lipinski definition) is 1. The van der Waals surface area contributed by atoms with Gasteiger partial charge in [-0.05, 0) is 38.0 Å². The van der Waals surface area contributed by atoms with E-state index in [-0.39, 0.29) is 0 Å². The van der Waals surface area contributed by atoms with Crippen LogP contribution in [0.1, 0.15) is 29.6 Å². The van der Waals surface area contributed by atoms with Crippen molar-refractivity contribution < 1.29 is 4.42 Å². The molecule has 3 nitrogen and oxygen atoms in total. The van der Waals surface area contributed by atoms with Crippen molar-refractivity contribution in [2.24, 2.45) is 5.73 Å². The van der Waals surface area contributed by atoms with E-state index in [4.69, 9.17) is 10.2 Å². The molecule has 3 rings (SSSR count). The number of furan rings is 1. The van der Waals surface area contributed by atoms with Gasteiger partial charge in [-0.1, -0.05) is 18.2 Å². The highest BCUT2D eigenvalue weighted by molar-refractivity contribution is 5.59. The molecule has 2 N–H and O–H groups in total. The molecule has 0 radical (unpaired) electrons. The Labute approximate surface area is 114 Å². The highest BCUT2D eigenvalue weighted by atomic mass is 16.3. The fourth-order valence-corrected chi connectivity index (χ4v) is 2.91. The number of hydrogen-bond acceptors (Lipinski definition) is 3. The van der Waals surface area contributed by atoms with Gasteiger partial charge in [0.15, 0.2) is 0 Å². The Balaban J connectivity index is 1.86. The maximum Gasteiger partial charge on any atom is 0.123 e. The maximum absolute atomic E-state index is 5.81. The van der Waals surface area contributed by atoms with E-state index in [1.165, 1.54) is 11.3 Å². The van der Waals surface area contributed by atoms with Gasteiger partial charge in [-0.15, -0.1) is 0 Å². The summed E-state index contributed by atoms with van der Waals surface area (Å²) in [6, 6.07) is 11.2. The predicted octanol–water partition coefficient (Wildman–Crippen LogP) is 3.00. The van der Waals surface area contributed by atoms with E-state index < -0.39 is 0 Å². The lowest BCUT2D eigenvalue weighted by atomic mass is 10.1. The van der Waals surface area contributed by atoms with Gasteiger partial charge in [0, 0.05) is 23.8 Å². The van der Waals surface area contributed by atoms with E-state index in [1.807, 2.05) is 6.92 Å². The van der Waals surface area contributed by atoms with Crippen molar-refractivity contribution >= 4 is 5.69 Å². The number of nitrogens with two attached hydrogens (primary N) is 1. The van der Waals surface area contributed by atoms with E-state index in [0.717, 1.165) is 30.0 Å². The molecule has 1 aromatic heterocycles. The average molecular weight is 256 g/mol. The SMILES string of the molecule is Cc1oc(CN2c3ccccc3CC2C)cc1CN. The third-order valence-electron chi connectivity index (χ3n) is 3.97. The highest BCUT2D eigenvalue weighted by Gasteiger charge is 2.26. The Kier molecular flexibility index (Phi) is 3.07. The van der Waals surface area contributed by atoms with Crippen molar-refractivity contribution in [3.05, 3.63) is 53.0 Å². The van der Waals surface area contributed by atoms with Crippen molar-refractivity contribution in [1.82, 2.24) is 0 Å². The molecule has 2 heterocycles. The molecule has 1 aliphatic rings. The molecule has 0 saturated heterocycles. The van der Waals surface area contributed by atoms with E-state index in [9.17, 15) is 0 Å². The first kappa shape index (κ1) is 12.3. The van der Waals surface area contributed by atoms with Gasteiger partial charge in [-0.25, -0.2) is 0 Å². The molecular formula is C16H20N2O. The van der Waals surface area contributed by atoms with Gasteiger partial charge in [0.2, 0.25) is 0 Å². The normalized spacial score (nSPS) is 17.8. The topological polar surface area (TPSA) is 42.4 Å². The molecule has 1 unspecified atom stereocenters. The van der Waals surface area contributed by atoms with E-state index in [2.05, 4.69) is 42.2 Å². The molecule has 100 valence electrons. The first-order valence-electron chi connectivity index (χ1n) is 6.82. The number of para-hydroxylation sites is 1. The summed E-state index contributed by atoms with van der Waals surface area (Å²) in [5.41, 5.74) is 9.57. The molecule has 0 aliphatic carbocycles. The third kappa shape index (κ3) is 2.15. The van der Waals surface area contributed by atoms with Gasteiger partial charge >= 0.3 is 0 Å². The molecule has 1 aliphatic heterocycles. The highest BCUT2D eigenvalue weighted by Crippen LogP contribution is 2.33. The summed E-state index contributed by atoms with van der Waals surface area (Å²) in [5, 5.41) is 0. The Bertz CT molecular complexity index is 588. The first-order chi connectivity index (χ1) is 9.19. The number of anilines is 1. The van der Waals surface area contributed by atoms with Gasteiger partial charge in [-0.2, -0.15) is 0 Å². The Morgan fingerprint density at radius 3 is 2.89 bits per heavy atom. The number of fused-ring (bicyclic) bond motifs is 1. The second-order valence-corrected chi connectivity index (χ2v) is 5.31. The minimum absolute atomic E-state index is 0.518. The van der Waals surface area contributed by atoms with Crippen LogP contribution in [0.15, 0.2) is 34.7 Å². The first-order valence-corrected chi connectivity index (χ1v) is 6.82. The second kappa shape index (κ2) is 4.74. The van der Waals surface area contributed by atoms with Crippen LogP contribution < -0.4 is 10.6 Å². The molecule has 0 fully saturated rings. The van der Waals surface area contributed by atoms with Crippen molar-refractivity contribution in [2.45, 2.75) is 39.4 Å². The van der Waals surface area contributed by atoms with Gasteiger partial charge in [-0.3, -0.25) is 0 Å². The minimum Gasteiger partial charge on any atom is -0.464 e. The summed E-state index contributed by atoms with van der Waals surface area (Å²) >= 11 is 0. The smallest absolute Gasteiger partial charge is 0.123 e. The molecule has 0 bridgehead atoms. The molecule has 0 saturated carbocycles. The van der Waals surface area contributed by atoms with Crippen LogP contribution in [0.3, 0.4) is 0 Å². The summed E-state index contributed by atoms with van der Waals surface area (Å²) < 4.78 is 5.81. The molecule has 3 heteroatoms. The summed E-state index contributed by atoms with van der Waals surface area (Å²) in [6.45, 7) is 5.60. The minimum atomic E-state index is 0.518. The zero-order valence-electron chi connectivity index (χ0n) is 11.5. The van der Waals surface area contributed by atoms with Crippen LogP contribution >= 0.6 is 0 Å². The van der Waals surface area contributed by atoms with Gasteiger partial charge in [0.1, 0.15) is 11.5 Å². The molecule has 19 heavy (non-hydrogen) atoms. The van der Waals surface area contributed by atoms with Crippen LogP contribution in [0.25, 0.3) is 0 Å². The number of benzene rings is 1. The fourth-order valence-electron chi connectivity index (χ4n) is 2.91. The van der Waals surface area contributed by atoms with E-state index in [1.54, 1.807) is 0 Å². The zero-order chi connectivity index (χ0) is 13.4. The van der Waals surface area contributed by atoms with Crippen LogP contribution in [0.5, 0.6) is 0 Å². The number of rotatable bonds is 3. The van der Waals surface area contributed by atoms with Gasteiger partial charge in [0.05, 0.1) is 6.54 Å². The lowest BCUT2D eigenvalue weighted by molar-refractivity contribution is 0.469. The molecule has 1 aromatic carbocycles. The number of aryl methyl sites for hydroxylation is 1. The van der Waals surface area contributed by atoms with E-state index in [0.29, 0.717) is 12.6 Å². The largest absolute Gasteiger partial charge is 0.464 e. The third-order valence-corrected chi connectivity index (χ3v) is 3.97. The standard InChI is InChI=1S/C16H20N2O/c1-11-7-13-5-3-4-6-16(13)18(11)10-15-8-14(9-17)12(2)19-15/h3-6,8,11H,7,9-10,17H2,1-2H3. The summed E-state index contributed by atoms with van der Waals surface area (Å²) in [5.74, 6) is 1.94. The molecule has 0 spiro atoms. The summed E-state index contributed by atoms with van der Waals surface area (Å²) in [4.78, 5) is 2.41. The Morgan fingerprint density at radius 1 is 1.37 bits per heavy atom. The summed E-state index contributed by atoms with van der Waals surface area (Å²) in [6.07, 6.45) is 1.11. The van der Waals surface area contributed by atoms with Crippen LogP contribution in [-0.4, -0.2) is 6.04 Å². The quantitative estimate of drug-likeness (QED) is 0.918. The maximum atomic E-state index is 5.81. The Morgan fingerprint density at radius 2 is 2.16 bits per heavy atom. The lowest BCUT2D eigenvalue weighted by Gasteiger charge is -2.23. The van der Waals surface area contributed by atoms with Crippen molar-refractivity contribution in [3.63, 3.8) is 0 Å². The Hall–Kier alpha value is -1.74. The van der Waals surface area contributed by atoms with E-state index >= 15 is 0 Å². The van der Waals surface area contributed by atoms with Crippen molar-refractivity contribution in [2.75, 3.05) is 4.90 Å². The van der Waals surface area contributed by atoms with Crippen molar-refractivity contribution in [1.29, 1.82) is 0 Å². The van der Waals surface area contributed by atoms with Gasteiger partial charge < -0.3 is 15.1 Å². The van der Waals surface area contributed by atoms with Crippen LogP contribution in [0, 0.1) is 6.92 Å². The van der Waals surface area contributed by atoms with Crippen LogP contribution in [-0.2, 0) is 19.5 Å². The lowest BCUT2D eigenvalue weighted by Crippen LogP contribution is -2.28. The summed E-state index contributed by atoms with van der Waals surface area (Å²) in [7, 11) is 0. The van der Waals surface area contributed by atoms with Crippen LogP contribution in [0.2, 0.25) is 0 Å². The molecule has 0 amide bonds. The van der Waals surface area contributed by atoms with Crippen LogP contribution in [0.4, 0.5) is 5.69 Å². The predicted molar refractivity (Wildman–Crippen MR) is 77.1 cm³/mol. The monoisotopic (exact) mass is 256 g/mol. The number of nitrogens with zero attached hydrogens (tertiary/aromatic N) is 1.